The molecule has 1 fully saturated rings. The molecule has 0 saturated carbocycles. The first-order chi connectivity index (χ1) is 10.7. The Morgan fingerprint density at radius 2 is 1.95 bits per heavy atom. The number of phenols is 1. The summed E-state index contributed by atoms with van der Waals surface area (Å²) in [6, 6.07) is 12.0. The molecule has 3 heteroatoms. The number of rotatable bonds is 5. The van der Waals surface area contributed by atoms with Gasteiger partial charge in [-0.3, -0.25) is 0 Å². The topological polar surface area (TPSA) is 32.7 Å². The molecule has 1 aliphatic rings. The fraction of sp³-hybridized carbons (Fsp3) is 0.474. The lowest BCUT2D eigenvalue weighted by atomic mass is 10.1. The van der Waals surface area contributed by atoms with Crippen molar-refractivity contribution in [2.75, 3.05) is 20.2 Å². The van der Waals surface area contributed by atoms with Gasteiger partial charge >= 0.3 is 0 Å². The largest absolute Gasteiger partial charge is 0.508 e. The van der Waals surface area contributed by atoms with E-state index >= 15 is 0 Å². The second-order valence-electron chi connectivity index (χ2n) is 6.38. The molecular weight excluding hydrogens is 274 g/mol. The van der Waals surface area contributed by atoms with E-state index in [1.54, 1.807) is 6.07 Å². The van der Waals surface area contributed by atoms with Gasteiger partial charge in [-0.2, -0.15) is 0 Å². The van der Waals surface area contributed by atoms with Gasteiger partial charge in [0.15, 0.2) is 0 Å². The highest BCUT2D eigenvalue weighted by Gasteiger charge is 2.14. The summed E-state index contributed by atoms with van der Waals surface area (Å²) in [7, 11) is 2.17. The summed E-state index contributed by atoms with van der Waals surface area (Å²) in [5, 5.41) is 11.8. The van der Waals surface area contributed by atoms with Crippen LogP contribution in [0.2, 0.25) is 0 Å². The lowest BCUT2D eigenvalue weighted by Crippen LogP contribution is -2.26. The molecule has 1 atom stereocenters. The lowest BCUT2D eigenvalue weighted by molar-refractivity contribution is 0.00641. The molecule has 0 aromatic heterocycles. The minimum atomic E-state index is 0.324. The van der Waals surface area contributed by atoms with Gasteiger partial charge in [-0.25, -0.2) is 0 Å². The van der Waals surface area contributed by atoms with Crippen molar-refractivity contribution in [3.05, 3.63) is 42.0 Å². The normalized spacial score (nSPS) is 18.9. The van der Waals surface area contributed by atoms with E-state index in [2.05, 4.69) is 30.1 Å². The lowest BCUT2D eigenvalue weighted by Gasteiger charge is -2.25. The van der Waals surface area contributed by atoms with E-state index in [4.69, 9.17) is 4.74 Å². The van der Waals surface area contributed by atoms with E-state index in [1.165, 1.54) is 30.2 Å². The molecule has 0 aliphatic carbocycles. The van der Waals surface area contributed by atoms with Crippen LogP contribution in [0.15, 0.2) is 36.4 Å². The number of phenolic OH excluding ortho intramolecular Hbond substituents is 1. The summed E-state index contributed by atoms with van der Waals surface area (Å²) in [5.74, 6) is 0.324. The number of fused-ring (bicyclic) bond motifs is 1. The summed E-state index contributed by atoms with van der Waals surface area (Å²) in [4.78, 5) is 2.36. The van der Waals surface area contributed by atoms with Crippen LogP contribution >= 0.6 is 0 Å². The van der Waals surface area contributed by atoms with Crippen molar-refractivity contribution in [3.63, 3.8) is 0 Å². The monoisotopic (exact) mass is 299 g/mol. The quantitative estimate of drug-likeness (QED) is 0.908. The van der Waals surface area contributed by atoms with E-state index in [-0.39, 0.29) is 0 Å². The second-order valence-corrected chi connectivity index (χ2v) is 6.38. The summed E-state index contributed by atoms with van der Waals surface area (Å²) in [5.41, 5.74) is 1.31. The standard InChI is InChI=1S/C19H25NO2/c1-20(10-9-19-4-2-3-11-22-19)14-15-5-6-17-13-18(21)8-7-16(17)12-15/h5-8,12-13,19,21H,2-4,9-11,14H2,1H3. The summed E-state index contributed by atoms with van der Waals surface area (Å²) < 4.78 is 5.80. The van der Waals surface area contributed by atoms with Gasteiger partial charge in [0.05, 0.1) is 6.10 Å². The van der Waals surface area contributed by atoms with E-state index < -0.39 is 0 Å². The van der Waals surface area contributed by atoms with Gasteiger partial charge in [0.25, 0.3) is 0 Å². The number of nitrogens with zero attached hydrogens (tertiary/aromatic N) is 1. The fourth-order valence-corrected chi connectivity index (χ4v) is 3.17. The van der Waals surface area contributed by atoms with E-state index in [1.807, 2.05) is 12.1 Å². The Morgan fingerprint density at radius 1 is 1.14 bits per heavy atom. The van der Waals surface area contributed by atoms with Crippen LogP contribution in [0.25, 0.3) is 10.8 Å². The highest BCUT2D eigenvalue weighted by molar-refractivity contribution is 5.84. The van der Waals surface area contributed by atoms with Crippen molar-refractivity contribution >= 4 is 10.8 Å². The van der Waals surface area contributed by atoms with Crippen molar-refractivity contribution in [1.29, 1.82) is 0 Å². The predicted molar refractivity (Wildman–Crippen MR) is 90.2 cm³/mol. The number of hydrogen-bond donors (Lipinski definition) is 1. The van der Waals surface area contributed by atoms with Crippen molar-refractivity contribution in [1.82, 2.24) is 4.90 Å². The maximum atomic E-state index is 9.52. The Hall–Kier alpha value is -1.58. The van der Waals surface area contributed by atoms with Crippen molar-refractivity contribution < 1.29 is 9.84 Å². The maximum absolute atomic E-state index is 9.52. The molecular formula is C19H25NO2. The minimum Gasteiger partial charge on any atom is -0.508 e. The first kappa shape index (κ1) is 15.3. The molecule has 1 N–H and O–H groups in total. The van der Waals surface area contributed by atoms with E-state index in [0.29, 0.717) is 11.9 Å². The summed E-state index contributed by atoms with van der Waals surface area (Å²) in [6.07, 6.45) is 5.33. The molecule has 0 spiro atoms. The van der Waals surface area contributed by atoms with Gasteiger partial charge in [-0.05, 0) is 67.3 Å². The van der Waals surface area contributed by atoms with Crippen LogP contribution in [0.3, 0.4) is 0 Å². The van der Waals surface area contributed by atoms with Gasteiger partial charge in [0.1, 0.15) is 5.75 Å². The van der Waals surface area contributed by atoms with Crippen LogP contribution in [0.4, 0.5) is 0 Å². The van der Waals surface area contributed by atoms with Crippen LogP contribution < -0.4 is 0 Å². The average Bonchev–Trinajstić information content (AvgIpc) is 2.54. The van der Waals surface area contributed by atoms with Gasteiger partial charge < -0.3 is 14.7 Å². The highest BCUT2D eigenvalue weighted by atomic mass is 16.5. The molecule has 0 radical (unpaired) electrons. The molecule has 2 aromatic rings. The first-order valence-corrected chi connectivity index (χ1v) is 8.22. The van der Waals surface area contributed by atoms with Crippen LogP contribution in [0.5, 0.6) is 5.75 Å². The zero-order valence-corrected chi connectivity index (χ0v) is 13.3. The van der Waals surface area contributed by atoms with Gasteiger partial charge in [0.2, 0.25) is 0 Å². The molecule has 1 unspecified atom stereocenters. The Kier molecular flexibility index (Phi) is 4.96. The molecule has 118 valence electrons. The maximum Gasteiger partial charge on any atom is 0.116 e. The first-order valence-electron chi connectivity index (χ1n) is 8.22. The number of ether oxygens (including phenoxy) is 1. The number of aromatic hydroxyl groups is 1. The third-order valence-corrected chi connectivity index (χ3v) is 4.45. The molecule has 2 aromatic carbocycles. The third kappa shape index (κ3) is 3.99. The Morgan fingerprint density at radius 3 is 2.77 bits per heavy atom. The third-order valence-electron chi connectivity index (χ3n) is 4.45. The summed E-state index contributed by atoms with van der Waals surface area (Å²) >= 11 is 0. The van der Waals surface area contributed by atoms with Crippen molar-refractivity contribution in [3.8, 4) is 5.75 Å². The smallest absolute Gasteiger partial charge is 0.116 e. The predicted octanol–water partition coefficient (Wildman–Crippen LogP) is 3.94. The van der Waals surface area contributed by atoms with Gasteiger partial charge in [0, 0.05) is 19.7 Å². The molecule has 3 rings (SSSR count). The Balaban J connectivity index is 1.56. The molecule has 0 amide bonds. The number of benzene rings is 2. The number of hydrogen-bond acceptors (Lipinski definition) is 3. The second kappa shape index (κ2) is 7.12. The fourth-order valence-electron chi connectivity index (χ4n) is 3.17. The Labute approximate surface area is 132 Å². The van der Waals surface area contributed by atoms with Gasteiger partial charge in [-0.1, -0.05) is 18.2 Å². The van der Waals surface area contributed by atoms with Crippen molar-refractivity contribution in [2.45, 2.75) is 38.3 Å². The van der Waals surface area contributed by atoms with Crippen molar-refractivity contribution in [2.24, 2.45) is 0 Å². The van der Waals surface area contributed by atoms with Gasteiger partial charge in [-0.15, -0.1) is 0 Å². The molecule has 1 saturated heterocycles. The zero-order chi connectivity index (χ0) is 15.4. The average molecular weight is 299 g/mol. The zero-order valence-electron chi connectivity index (χ0n) is 13.3. The van der Waals surface area contributed by atoms with Crippen LogP contribution in [-0.2, 0) is 11.3 Å². The molecule has 3 nitrogen and oxygen atoms in total. The van der Waals surface area contributed by atoms with Crippen LogP contribution in [-0.4, -0.2) is 36.3 Å². The summed E-state index contributed by atoms with van der Waals surface area (Å²) in [6.45, 7) is 2.95. The van der Waals surface area contributed by atoms with E-state index in [0.717, 1.165) is 31.5 Å². The molecule has 1 aliphatic heterocycles. The molecule has 0 bridgehead atoms. The highest BCUT2D eigenvalue weighted by Crippen LogP contribution is 2.22. The Bertz CT molecular complexity index is 620. The van der Waals surface area contributed by atoms with Crippen LogP contribution in [0.1, 0.15) is 31.2 Å². The minimum absolute atomic E-state index is 0.324. The molecule has 1 heterocycles. The van der Waals surface area contributed by atoms with E-state index in [9.17, 15) is 5.11 Å². The van der Waals surface area contributed by atoms with Crippen LogP contribution in [0, 0.1) is 0 Å². The SMILES string of the molecule is CN(CCC1CCCCO1)Cc1ccc2cc(O)ccc2c1. The molecule has 22 heavy (non-hydrogen) atoms.